The fraction of sp³-hybridized carbons (Fsp3) is 0.417. The molecule has 2 amide bonds. The van der Waals surface area contributed by atoms with Gasteiger partial charge in [0.15, 0.2) is 6.61 Å². The normalized spacial score (nSPS) is 14.4. The number of anilines is 1. The van der Waals surface area contributed by atoms with Gasteiger partial charge in [-0.2, -0.15) is 0 Å². The zero-order chi connectivity index (χ0) is 20.6. The summed E-state index contributed by atoms with van der Waals surface area (Å²) >= 11 is 0. The summed E-state index contributed by atoms with van der Waals surface area (Å²) in [6.45, 7) is 4.18. The van der Waals surface area contributed by atoms with Crippen LogP contribution in [-0.2, 0) is 4.79 Å². The van der Waals surface area contributed by atoms with Gasteiger partial charge in [0, 0.05) is 17.3 Å². The second-order valence-electron chi connectivity index (χ2n) is 7.95. The molecule has 0 spiro atoms. The largest absolute Gasteiger partial charge is 0.484 e. The quantitative estimate of drug-likeness (QED) is 0.703. The molecule has 0 saturated heterocycles. The summed E-state index contributed by atoms with van der Waals surface area (Å²) in [6.07, 6.45) is 5.66. The first-order valence-corrected chi connectivity index (χ1v) is 10.4. The van der Waals surface area contributed by atoms with Crippen molar-refractivity contribution in [2.24, 2.45) is 0 Å². The standard InChI is InChI=1S/C24H30N2O3/c1-17(2)18-11-13-22(14-12-18)29-16-23(27)25-21-10-6-7-19(15-21)24(28)26-20-8-4-3-5-9-20/h6-7,10-15,17,20H,3-5,8-9,16H2,1-2H3,(H,25,27)(H,26,28). The van der Waals surface area contributed by atoms with Crippen LogP contribution in [0.25, 0.3) is 0 Å². The van der Waals surface area contributed by atoms with Crippen molar-refractivity contribution < 1.29 is 14.3 Å². The molecule has 0 radical (unpaired) electrons. The van der Waals surface area contributed by atoms with Crippen molar-refractivity contribution >= 4 is 17.5 Å². The van der Waals surface area contributed by atoms with Crippen LogP contribution in [0.2, 0.25) is 0 Å². The van der Waals surface area contributed by atoms with Gasteiger partial charge >= 0.3 is 0 Å². The number of carbonyl (C=O) groups excluding carboxylic acids is 2. The molecule has 0 atom stereocenters. The fourth-order valence-electron chi connectivity index (χ4n) is 3.55. The number of amides is 2. The number of ether oxygens (including phenoxy) is 1. The molecule has 29 heavy (non-hydrogen) atoms. The van der Waals surface area contributed by atoms with Crippen molar-refractivity contribution in [1.29, 1.82) is 0 Å². The molecule has 1 saturated carbocycles. The molecular formula is C24H30N2O3. The van der Waals surface area contributed by atoms with E-state index < -0.39 is 0 Å². The van der Waals surface area contributed by atoms with Crippen LogP contribution in [0.15, 0.2) is 48.5 Å². The lowest BCUT2D eigenvalue weighted by molar-refractivity contribution is -0.118. The van der Waals surface area contributed by atoms with Crippen molar-refractivity contribution in [1.82, 2.24) is 5.32 Å². The zero-order valence-corrected chi connectivity index (χ0v) is 17.2. The number of hydrogen-bond acceptors (Lipinski definition) is 3. The van der Waals surface area contributed by atoms with E-state index in [2.05, 4.69) is 24.5 Å². The molecule has 2 aromatic carbocycles. The Hall–Kier alpha value is -2.82. The van der Waals surface area contributed by atoms with E-state index in [1.165, 1.54) is 24.8 Å². The van der Waals surface area contributed by atoms with Crippen LogP contribution in [0.4, 0.5) is 5.69 Å². The van der Waals surface area contributed by atoms with Crippen molar-refractivity contribution in [3.63, 3.8) is 0 Å². The maximum absolute atomic E-state index is 12.5. The summed E-state index contributed by atoms with van der Waals surface area (Å²) in [6, 6.07) is 15.0. The van der Waals surface area contributed by atoms with Gasteiger partial charge in [-0.05, 0) is 54.7 Å². The van der Waals surface area contributed by atoms with Crippen LogP contribution in [0.3, 0.4) is 0 Å². The predicted molar refractivity (Wildman–Crippen MR) is 115 cm³/mol. The summed E-state index contributed by atoms with van der Waals surface area (Å²) in [7, 11) is 0. The molecule has 1 aliphatic rings. The van der Waals surface area contributed by atoms with Gasteiger partial charge in [-0.25, -0.2) is 0 Å². The average Bonchev–Trinajstić information content (AvgIpc) is 2.73. The topological polar surface area (TPSA) is 67.4 Å². The Balaban J connectivity index is 1.51. The number of hydrogen-bond donors (Lipinski definition) is 2. The van der Waals surface area contributed by atoms with Gasteiger partial charge in [0.05, 0.1) is 0 Å². The third-order valence-corrected chi connectivity index (χ3v) is 5.27. The van der Waals surface area contributed by atoms with E-state index >= 15 is 0 Å². The van der Waals surface area contributed by atoms with Crippen LogP contribution in [0.1, 0.15) is 67.8 Å². The summed E-state index contributed by atoms with van der Waals surface area (Å²) in [5, 5.41) is 5.90. The monoisotopic (exact) mass is 394 g/mol. The number of carbonyl (C=O) groups is 2. The summed E-state index contributed by atoms with van der Waals surface area (Å²) in [5.74, 6) is 0.761. The lowest BCUT2D eigenvalue weighted by Crippen LogP contribution is -2.36. The van der Waals surface area contributed by atoms with Gasteiger partial charge < -0.3 is 15.4 Å². The van der Waals surface area contributed by atoms with Crippen LogP contribution in [0.5, 0.6) is 5.75 Å². The van der Waals surface area contributed by atoms with Crippen LogP contribution < -0.4 is 15.4 Å². The molecule has 2 N–H and O–H groups in total. The Morgan fingerprint density at radius 2 is 1.76 bits per heavy atom. The maximum atomic E-state index is 12.5. The van der Waals surface area contributed by atoms with Crippen molar-refractivity contribution in [3.8, 4) is 5.75 Å². The number of nitrogens with one attached hydrogen (secondary N) is 2. The van der Waals surface area contributed by atoms with Crippen LogP contribution in [-0.4, -0.2) is 24.5 Å². The molecule has 5 nitrogen and oxygen atoms in total. The number of benzene rings is 2. The third kappa shape index (κ3) is 6.34. The molecule has 5 heteroatoms. The molecule has 3 rings (SSSR count). The first-order chi connectivity index (χ1) is 14.0. The van der Waals surface area contributed by atoms with Gasteiger partial charge in [-0.3, -0.25) is 9.59 Å². The van der Waals surface area contributed by atoms with E-state index in [1.54, 1.807) is 24.3 Å². The molecule has 154 valence electrons. The smallest absolute Gasteiger partial charge is 0.262 e. The molecular weight excluding hydrogens is 364 g/mol. The van der Waals surface area contributed by atoms with E-state index in [4.69, 9.17) is 4.74 Å². The number of rotatable bonds is 7. The second kappa shape index (κ2) is 10.1. The van der Waals surface area contributed by atoms with E-state index in [-0.39, 0.29) is 24.5 Å². The molecule has 0 bridgehead atoms. The average molecular weight is 395 g/mol. The highest BCUT2D eigenvalue weighted by atomic mass is 16.5. The molecule has 0 unspecified atom stereocenters. The van der Waals surface area contributed by atoms with E-state index in [9.17, 15) is 9.59 Å². The molecule has 1 fully saturated rings. The first kappa shape index (κ1) is 20.9. The highest BCUT2D eigenvalue weighted by Gasteiger charge is 2.17. The van der Waals surface area contributed by atoms with Gasteiger partial charge in [-0.1, -0.05) is 51.3 Å². The van der Waals surface area contributed by atoms with Gasteiger partial charge in [0.2, 0.25) is 0 Å². The Morgan fingerprint density at radius 1 is 1.03 bits per heavy atom. The molecule has 0 heterocycles. The summed E-state index contributed by atoms with van der Waals surface area (Å²) in [4.78, 5) is 24.7. The van der Waals surface area contributed by atoms with E-state index in [0.29, 0.717) is 22.9 Å². The Kier molecular flexibility index (Phi) is 7.28. The SMILES string of the molecule is CC(C)c1ccc(OCC(=O)Nc2cccc(C(=O)NC3CCCCC3)c2)cc1. The van der Waals surface area contributed by atoms with Gasteiger partial charge in [-0.15, -0.1) is 0 Å². The lowest BCUT2D eigenvalue weighted by Gasteiger charge is -2.22. The van der Waals surface area contributed by atoms with E-state index in [1.807, 2.05) is 24.3 Å². The third-order valence-electron chi connectivity index (χ3n) is 5.27. The fourth-order valence-corrected chi connectivity index (χ4v) is 3.55. The first-order valence-electron chi connectivity index (χ1n) is 10.4. The Bertz CT molecular complexity index is 824. The lowest BCUT2D eigenvalue weighted by atomic mass is 9.95. The van der Waals surface area contributed by atoms with Gasteiger partial charge in [0.25, 0.3) is 11.8 Å². The van der Waals surface area contributed by atoms with Crippen LogP contribution >= 0.6 is 0 Å². The molecule has 0 aliphatic heterocycles. The highest BCUT2D eigenvalue weighted by Crippen LogP contribution is 2.20. The van der Waals surface area contributed by atoms with Crippen molar-refractivity contribution in [2.75, 3.05) is 11.9 Å². The van der Waals surface area contributed by atoms with Crippen molar-refractivity contribution in [3.05, 3.63) is 59.7 Å². The minimum absolute atomic E-state index is 0.0838. The van der Waals surface area contributed by atoms with Crippen molar-refractivity contribution in [2.45, 2.75) is 57.9 Å². The second-order valence-corrected chi connectivity index (χ2v) is 7.95. The minimum atomic E-state index is -0.261. The maximum Gasteiger partial charge on any atom is 0.262 e. The van der Waals surface area contributed by atoms with Crippen LogP contribution in [0, 0.1) is 0 Å². The Morgan fingerprint density at radius 3 is 2.45 bits per heavy atom. The van der Waals surface area contributed by atoms with E-state index in [0.717, 1.165) is 12.8 Å². The van der Waals surface area contributed by atoms with Gasteiger partial charge in [0.1, 0.15) is 5.75 Å². The molecule has 0 aromatic heterocycles. The summed E-state index contributed by atoms with van der Waals surface area (Å²) < 4.78 is 5.56. The Labute approximate surface area is 172 Å². The molecule has 1 aliphatic carbocycles. The summed E-state index contributed by atoms with van der Waals surface area (Å²) in [5.41, 5.74) is 2.37. The minimum Gasteiger partial charge on any atom is -0.484 e. The molecule has 2 aromatic rings. The predicted octanol–water partition coefficient (Wildman–Crippen LogP) is 4.89. The highest BCUT2D eigenvalue weighted by molar-refractivity contribution is 5.97. The zero-order valence-electron chi connectivity index (χ0n) is 17.2.